The van der Waals surface area contributed by atoms with E-state index in [-0.39, 0.29) is 5.96 Å². The van der Waals surface area contributed by atoms with Crippen molar-refractivity contribution in [3.63, 3.8) is 0 Å². The summed E-state index contributed by atoms with van der Waals surface area (Å²) < 4.78 is 5.86. The van der Waals surface area contributed by atoms with Crippen LogP contribution in [0.2, 0.25) is 0 Å². The van der Waals surface area contributed by atoms with E-state index in [1.165, 1.54) is 12.8 Å². The topological polar surface area (TPSA) is 90.7 Å². The highest BCUT2D eigenvalue weighted by molar-refractivity contribution is 6.04. The van der Waals surface area contributed by atoms with Crippen molar-refractivity contribution in [1.82, 2.24) is 0 Å². The number of hydrogen-bond donors (Lipinski definition) is 2. The zero-order valence-corrected chi connectivity index (χ0v) is 14.3. The summed E-state index contributed by atoms with van der Waals surface area (Å²) >= 11 is 0. The Morgan fingerprint density at radius 1 is 1.08 bits per heavy atom. The van der Waals surface area contributed by atoms with Crippen LogP contribution in [0.3, 0.4) is 0 Å². The van der Waals surface area contributed by atoms with Crippen molar-refractivity contribution in [3.05, 3.63) is 42.0 Å². The molecular weight excluding hydrogens is 302 g/mol. The largest absolute Gasteiger partial charge is 0.494 e. The fraction of sp³-hybridized carbons (Fsp3) is 0.368. The summed E-state index contributed by atoms with van der Waals surface area (Å²) in [5, 5.41) is 1.95. The summed E-state index contributed by atoms with van der Waals surface area (Å²) in [5.74, 6) is 0.884. The molecule has 0 heterocycles. The third-order valence-corrected chi connectivity index (χ3v) is 4.24. The van der Waals surface area contributed by atoms with Crippen LogP contribution in [0.25, 0.3) is 10.8 Å². The molecule has 0 aliphatic rings. The van der Waals surface area contributed by atoms with Crippen LogP contribution < -0.4 is 16.2 Å². The lowest BCUT2D eigenvalue weighted by Gasteiger charge is -2.13. The Balaban J connectivity index is 2.09. The van der Waals surface area contributed by atoms with E-state index in [0.29, 0.717) is 5.56 Å². The van der Waals surface area contributed by atoms with Gasteiger partial charge in [-0.3, -0.25) is 4.79 Å². The number of nitrogens with two attached hydrogens (primary N) is 2. The molecule has 0 atom stereocenters. The Labute approximate surface area is 142 Å². The molecule has 0 radical (unpaired) electrons. The Hall–Kier alpha value is -2.56. The van der Waals surface area contributed by atoms with Crippen LogP contribution in [0.4, 0.5) is 0 Å². The molecule has 24 heavy (non-hydrogen) atoms. The van der Waals surface area contributed by atoms with E-state index in [2.05, 4.69) is 18.8 Å². The molecule has 128 valence electrons. The van der Waals surface area contributed by atoms with Crippen LogP contribution in [-0.4, -0.2) is 18.5 Å². The van der Waals surface area contributed by atoms with Gasteiger partial charge in [0.2, 0.25) is 0 Å². The Kier molecular flexibility index (Phi) is 6.18. The zero-order chi connectivity index (χ0) is 17.5. The van der Waals surface area contributed by atoms with E-state index in [1.807, 2.05) is 24.3 Å². The van der Waals surface area contributed by atoms with Gasteiger partial charge in [0.25, 0.3) is 5.91 Å². The quantitative estimate of drug-likeness (QED) is 0.602. The summed E-state index contributed by atoms with van der Waals surface area (Å²) in [6.07, 6.45) is 3.44. The highest BCUT2D eigenvalue weighted by Gasteiger charge is 2.07. The van der Waals surface area contributed by atoms with Gasteiger partial charge >= 0.3 is 0 Å². The smallest absolute Gasteiger partial charge is 0.280 e. The van der Waals surface area contributed by atoms with E-state index in [0.717, 1.165) is 35.5 Å². The van der Waals surface area contributed by atoms with E-state index in [4.69, 9.17) is 16.2 Å². The number of fused-ring (bicyclic) bond motifs is 1. The minimum Gasteiger partial charge on any atom is -0.494 e. The normalized spacial score (nSPS) is 10.8. The minimum absolute atomic E-state index is 0.235. The molecular formula is C19H25N3O2. The maximum absolute atomic E-state index is 11.9. The molecule has 0 unspecified atom stereocenters. The lowest BCUT2D eigenvalue weighted by molar-refractivity contribution is 0.100. The lowest BCUT2D eigenvalue weighted by Crippen LogP contribution is -2.24. The second-order valence-corrected chi connectivity index (χ2v) is 5.89. The molecule has 2 aromatic rings. The predicted octanol–water partition coefficient (Wildman–Crippen LogP) is 3.46. The molecule has 0 spiro atoms. The molecule has 5 heteroatoms. The molecule has 0 fully saturated rings. The average molecular weight is 327 g/mol. The molecule has 0 aliphatic heterocycles. The standard InChI is InChI=1S/C19H25N3O2/c1-3-13(4-2)9-10-24-17-8-7-14-11-16(6-5-15(14)12-17)18(23)22-19(20)21/h5-8,11-13H,3-4,9-10H2,1-2H3,(H4,20,21,22,23). The summed E-state index contributed by atoms with van der Waals surface area (Å²) in [5.41, 5.74) is 10.9. The Bertz CT molecular complexity index is 732. The first kappa shape index (κ1) is 17.8. The van der Waals surface area contributed by atoms with Crippen LogP contribution in [0.5, 0.6) is 5.75 Å². The van der Waals surface area contributed by atoms with Crippen LogP contribution >= 0.6 is 0 Å². The molecule has 2 aromatic carbocycles. The van der Waals surface area contributed by atoms with E-state index in [1.54, 1.807) is 12.1 Å². The van der Waals surface area contributed by atoms with E-state index >= 15 is 0 Å². The highest BCUT2D eigenvalue weighted by Crippen LogP contribution is 2.23. The van der Waals surface area contributed by atoms with Crippen molar-refractivity contribution in [2.75, 3.05) is 6.61 Å². The van der Waals surface area contributed by atoms with Crippen LogP contribution in [-0.2, 0) is 0 Å². The maximum Gasteiger partial charge on any atom is 0.280 e. The summed E-state index contributed by atoms with van der Waals surface area (Å²) in [7, 11) is 0. The Morgan fingerprint density at radius 3 is 2.42 bits per heavy atom. The molecule has 0 saturated heterocycles. The summed E-state index contributed by atoms with van der Waals surface area (Å²) in [6, 6.07) is 11.2. The van der Waals surface area contributed by atoms with Crippen LogP contribution in [0.15, 0.2) is 41.4 Å². The van der Waals surface area contributed by atoms with E-state index in [9.17, 15) is 4.79 Å². The van der Waals surface area contributed by atoms with Crippen molar-refractivity contribution in [1.29, 1.82) is 0 Å². The van der Waals surface area contributed by atoms with Crippen molar-refractivity contribution in [2.24, 2.45) is 22.4 Å². The number of aliphatic imine (C=N–C) groups is 1. The SMILES string of the molecule is CCC(CC)CCOc1ccc2cc(C(=O)N=C(N)N)ccc2c1. The number of carbonyl (C=O) groups is 1. The third kappa shape index (κ3) is 4.72. The molecule has 5 nitrogen and oxygen atoms in total. The average Bonchev–Trinajstić information content (AvgIpc) is 2.57. The number of benzene rings is 2. The molecule has 0 saturated carbocycles. The van der Waals surface area contributed by atoms with Crippen molar-refractivity contribution in [3.8, 4) is 5.75 Å². The maximum atomic E-state index is 11.9. The van der Waals surface area contributed by atoms with Gasteiger partial charge in [0.05, 0.1) is 6.61 Å². The molecule has 0 aromatic heterocycles. The first-order chi connectivity index (χ1) is 11.5. The molecule has 1 amide bonds. The fourth-order valence-corrected chi connectivity index (χ4v) is 2.67. The third-order valence-electron chi connectivity index (χ3n) is 4.24. The second-order valence-electron chi connectivity index (χ2n) is 5.89. The van der Waals surface area contributed by atoms with Gasteiger partial charge in [-0.2, -0.15) is 4.99 Å². The molecule has 4 N–H and O–H groups in total. The number of hydrogen-bond acceptors (Lipinski definition) is 2. The van der Waals surface area contributed by atoms with Crippen molar-refractivity contribution in [2.45, 2.75) is 33.1 Å². The van der Waals surface area contributed by atoms with Gasteiger partial charge in [-0.05, 0) is 47.4 Å². The van der Waals surface area contributed by atoms with Crippen LogP contribution in [0, 0.1) is 5.92 Å². The molecule has 2 rings (SSSR count). The number of guanidine groups is 1. The van der Waals surface area contributed by atoms with Gasteiger partial charge in [0.15, 0.2) is 5.96 Å². The lowest BCUT2D eigenvalue weighted by atomic mass is 10.0. The number of nitrogens with zero attached hydrogens (tertiary/aromatic N) is 1. The highest BCUT2D eigenvalue weighted by atomic mass is 16.5. The fourth-order valence-electron chi connectivity index (χ4n) is 2.67. The second kappa shape index (κ2) is 8.34. The summed E-state index contributed by atoms with van der Waals surface area (Å²) in [4.78, 5) is 15.4. The van der Waals surface area contributed by atoms with Crippen molar-refractivity contribution >= 4 is 22.6 Å². The Morgan fingerprint density at radius 2 is 1.75 bits per heavy atom. The summed E-state index contributed by atoms with van der Waals surface area (Å²) in [6.45, 7) is 5.15. The van der Waals surface area contributed by atoms with Gasteiger partial charge in [0.1, 0.15) is 5.75 Å². The first-order valence-electron chi connectivity index (χ1n) is 8.34. The van der Waals surface area contributed by atoms with Gasteiger partial charge < -0.3 is 16.2 Å². The first-order valence-corrected chi connectivity index (χ1v) is 8.34. The number of ether oxygens (including phenoxy) is 1. The van der Waals surface area contributed by atoms with Crippen LogP contribution in [0.1, 0.15) is 43.5 Å². The monoisotopic (exact) mass is 327 g/mol. The van der Waals surface area contributed by atoms with Gasteiger partial charge in [-0.1, -0.05) is 38.8 Å². The number of amides is 1. The van der Waals surface area contributed by atoms with Crippen molar-refractivity contribution < 1.29 is 9.53 Å². The number of carbonyl (C=O) groups excluding carboxylic acids is 1. The zero-order valence-electron chi connectivity index (χ0n) is 14.3. The predicted molar refractivity (Wildman–Crippen MR) is 98.3 cm³/mol. The van der Waals surface area contributed by atoms with Gasteiger partial charge in [-0.25, -0.2) is 0 Å². The minimum atomic E-state index is -0.442. The molecule has 0 bridgehead atoms. The molecule has 0 aliphatic carbocycles. The van der Waals surface area contributed by atoms with Gasteiger partial charge in [0, 0.05) is 5.56 Å². The van der Waals surface area contributed by atoms with E-state index < -0.39 is 5.91 Å². The number of rotatable bonds is 7. The van der Waals surface area contributed by atoms with Gasteiger partial charge in [-0.15, -0.1) is 0 Å².